The van der Waals surface area contributed by atoms with E-state index < -0.39 is 45.8 Å². The van der Waals surface area contributed by atoms with Crippen molar-refractivity contribution in [2.75, 3.05) is 6.61 Å². The molecule has 0 saturated heterocycles. The van der Waals surface area contributed by atoms with Crippen LogP contribution in [-0.2, 0) is 20.3 Å². The Balaban J connectivity index is 1.77. The van der Waals surface area contributed by atoms with Crippen molar-refractivity contribution in [1.82, 2.24) is 5.32 Å². The number of benzene rings is 3. The van der Waals surface area contributed by atoms with E-state index in [9.17, 15) is 27.1 Å². The maximum atomic E-state index is 14.0. The Labute approximate surface area is 203 Å². The lowest BCUT2D eigenvalue weighted by atomic mass is 10.1. The third-order valence-electron chi connectivity index (χ3n) is 5.04. The van der Waals surface area contributed by atoms with Gasteiger partial charge in [0.2, 0.25) is 0 Å². The predicted molar refractivity (Wildman–Crippen MR) is 128 cm³/mol. The zero-order chi connectivity index (χ0) is 25.8. The van der Waals surface area contributed by atoms with Crippen LogP contribution < -0.4 is 5.32 Å². The first-order chi connectivity index (χ1) is 16.4. The Bertz CT molecular complexity index is 1300. The molecule has 3 aromatic carbocycles. The van der Waals surface area contributed by atoms with Gasteiger partial charge < -0.3 is 15.2 Å². The van der Waals surface area contributed by atoms with Gasteiger partial charge >= 0.3 is 6.09 Å². The van der Waals surface area contributed by atoms with Crippen LogP contribution in [0.2, 0.25) is 0 Å². The van der Waals surface area contributed by atoms with Crippen molar-refractivity contribution in [2.45, 2.75) is 43.1 Å². The van der Waals surface area contributed by atoms with Crippen LogP contribution >= 0.6 is 0 Å². The fourth-order valence-electron chi connectivity index (χ4n) is 3.45. The SMILES string of the molecule is CC(C)(C)OC(=O)N[C@H](CO)c1cccc(CS(=O)(=O)c2ccc(-c3ccc(F)cc3F)cc2)c1. The number of aliphatic hydroxyl groups excluding tert-OH is 1. The third kappa shape index (κ3) is 7.10. The maximum absolute atomic E-state index is 14.0. The van der Waals surface area contributed by atoms with Gasteiger partial charge in [-0.3, -0.25) is 0 Å². The highest BCUT2D eigenvalue weighted by atomic mass is 32.2. The number of ether oxygens (including phenoxy) is 1. The van der Waals surface area contributed by atoms with Gasteiger partial charge in [0.25, 0.3) is 0 Å². The summed E-state index contributed by atoms with van der Waals surface area (Å²) in [5.41, 5.74) is 0.852. The molecule has 0 heterocycles. The number of aliphatic hydroxyl groups is 1. The van der Waals surface area contributed by atoms with Crippen molar-refractivity contribution in [2.24, 2.45) is 0 Å². The number of carbonyl (C=O) groups excluding carboxylic acids is 1. The summed E-state index contributed by atoms with van der Waals surface area (Å²) in [6.07, 6.45) is -0.702. The van der Waals surface area contributed by atoms with E-state index in [1.807, 2.05) is 0 Å². The average Bonchev–Trinajstić information content (AvgIpc) is 2.76. The molecule has 9 heteroatoms. The maximum Gasteiger partial charge on any atom is 0.408 e. The summed E-state index contributed by atoms with van der Waals surface area (Å²) in [5, 5.41) is 12.3. The number of hydrogen-bond donors (Lipinski definition) is 2. The van der Waals surface area contributed by atoms with Crippen LogP contribution in [0.15, 0.2) is 71.6 Å². The first kappa shape index (κ1) is 26.3. The Morgan fingerprint density at radius 1 is 1.03 bits per heavy atom. The lowest BCUT2D eigenvalue weighted by Gasteiger charge is -2.23. The third-order valence-corrected chi connectivity index (χ3v) is 6.74. The number of carbonyl (C=O) groups is 1. The molecule has 186 valence electrons. The number of rotatable bonds is 7. The summed E-state index contributed by atoms with van der Waals surface area (Å²) in [6.45, 7) is 4.75. The van der Waals surface area contributed by atoms with E-state index in [4.69, 9.17) is 4.74 Å². The lowest BCUT2D eigenvalue weighted by Crippen LogP contribution is -2.36. The summed E-state index contributed by atoms with van der Waals surface area (Å²) in [5.74, 6) is -1.76. The summed E-state index contributed by atoms with van der Waals surface area (Å²) in [4.78, 5) is 12.1. The van der Waals surface area contributed by atoms with Gasteiger partial charge in [-0.25, -0.2) is 22.0 Å². The molecule has 6 nitrogen and oxygen atoms in total. The average molecular weight is 504 g/mol. The number of amides is 1. The van der Waals surface area contributed by atoms with E-state index >= 15 is 0 Å². The predicted octanol–water partition coefficient (Wildman–Crippen LogP) is 5.16. The molecule has 1 amide bonds. The van der Waals surface area contributed by atoms with E-state index in [2.05, 4.69) is 5.32 Å². The quantitative estimate of drug-likeness (QED) is 0.464. The van der Waals surface area contributed by atoms with Gasteiger partial charge in [-0.1, -0.05) is 36.4 Å². The molecule has 1 atom stereocenters. The number of hydrogen-bond acceptors (Lipinski definition) is 5. The van der Waals surface area contributed by atoms with Gasteiger partial charge in [0, 0.05) is 11.6 Å². The van der Waals surface area contributed by atoms with Crippen LogP contribution in [0.5, 0.6) is 0 Å². The molecule has 0 aliphatic rings. The van der Waals surface area contributed by atoms with Crippen LogP contribution in [-0.4, -0.2) is 31.8 Å². The van der Waals surface area contributed by atoms with Crippen LogP contribution in [0.25, 0.3) is 11.1 Å². The van der Waals surface area contributed by atoms with E-state index in [1.165, 1.54) is 30.3 Å². The van der Waals surface area contributed by atoms with E-state index in [0.717, 1.165) is 12.1 Å². The fourth-order valence-corrected chi connectivity index (χ4v) is 4.79. The van der Waals surface area contributed by atoms with Crippen LogP contribution in [0.3, 0.4) is 0 Å². The molecule has 0 aliphatic carbocycles. The fraction of sp³-hybridized carbons (Fsp3) is 0.269. The number of alkyl carbamates (subject to hydrolysis) is 1. The molecule has 0 aliphatic heterocycles. The molecule has 0 fully saturated rings. The van der Waals surface area contributed by atoms with E-state index in [0.29, 0.717) is 16.7 Å². The molecule has 0 unspecified atom stereocenters. The first-order valence-electron chi connectivity index (χ1n) is 10.9. The van der Waals surface area contributed by atoms with E-state index in [-0.39, 0.29) is 16.2 Å². The van der Waals surface area contributed by atoms with Crippen molar-refractivity contribution < 1.29 is 31.8 Å². The normalized spacial score (nSPS) is 12.7. The van der Waals surface area contributed by atoms with E-state index in [1.54, 1.807) is 45.0 Å². The second kappa shape index (κ2) is 10.5. The minimum atomic E-state index is -3.75. The lowest BCUT2D eigenvalue weighted by molar-refractivity contribution is 0.0481. The van der Waals surface area contributed by atoms with Gasteiger partial charge in [-0.2, -0.15) is 0 Å². The molecule has 0 spiro atoms. The monoisotopic (exact) mass is 503 g/mol. The molecule has 0 aromatic heterocycles. The van der Waals surface area contributed by atoms with Crippen molar-refractivity contribution in [3.8, 4) is 11.1 Å². The largest absolute Gasteiger partial charge is 0.444 e. The van der Waals surface area contributed by atoms with Crippen LogP contribution in [0.1, 0.15) is 37.9 Å². The van der Waals surface area contributed by atoms with Crippen molar-refractivity contribution in [1.29, 1.82) is 0 Å². The van der Waals surface area contributed by atoms with Gasteiger partial charge in [-0.05, 0) is 61.7 Å². The second-order valence-corrected chi connectivity index (χ2v) is 11.0. The topological polar surface area (TPSA) is 92.7 Å². The molecule has 0 bridgehead atoms. The molecule has 35 heavy (non-hydrogen) atoms. The van der Waals surface area contributed by atoms with Crippen LogP contribution in [0.4, 0.5) is 13.6 Å². The second-order valence-electron chi connectivity index (χ2n) is 9.03. The highest BCUT2D eigenvalue weighted by Crippen LogP contribution is 2.26. The van der Waals surface area contributed by atoms with Gasteiger partial charge in [0.15, 0.2) is 9.84 Å². The van der Waals surface area contributed by atoms with Crippen LogP contribution in [0, 0.1) is 11.6 Å². The number of halogens is 2. The Morgan fingerprint density at radius 2 is 1.71 bits per heavy atom. The van der Waals surface area contributed by atoms with Crippen molar-refractivity contribution >= 4 is 15.9 Å². The number of sulfone groups is 1. The Hall–Kier alpha value is -3.30. The minimum Gasteiger partial charge on any atom is -0.444 e. The zero-order valence-electron chi connectivity index (χ0n) is 19.6. The highest BCUT2D eigenvalue weighted by Gasteiger charge is 2.21. The summed E-state index contributed by atoms with van der Waals surface area (Å²) in [6, 6.07) is 14.6. The molecule has 3 aromatic rings. The summed E-state index contributed by atoms with van der Waals surface area (Å²) < 4.78 is 58.4. The smallest absolute Gasteiger partial charge is 0.408 e. The van der Waals surface area contributed by atoms with Crippen molar-refractivity contribution in [3.05, 3.63) is 89.5 Å². The summed E-state index contributed by atoms with van der Waals surface area (Å²) >= 11 is 0. The molecule has 0 radical (unpaired) electrons. The molecule has 2 N–H and O–H groups in total. The zero-order valence-corrected chi connectivity index (χ0v) is 20.4. The molecular weight excluding hydrogens is 476 g/mol. The highest BCUT2D eigenvalue weighted by molar-refractivity contribution is 7.90. The first-order valence-corrected chi connectivity index (χ1v) is 12.5. The Morgan fingerprint density at radius 3 is 2.31 bits per heavy atom. The Kier molecular flexibility index (Phi) is 7.92. The van der Waals surface area contributed by atoms with Gasteiger partial charge in [-0.15, -0.1) is 0 Å². The minimum absolute atomic E-state index is 0.0414. The van der Waals surface area contributed by atoms with Crippen molar-refractivity contribution in [3.63, 3.8) is 0 Å². The van der Waals surface area contributed by atoms with Gasteiger partial charge in [0.1, 0.15) is 17.2 Å². The molecular formula is C26H27F2NO5S. The number of nitrogens with one attached hydrogen (secondary N) is 1. The molecule has 3 rings (SSSR count). The molecule has 0 saturated carbocycles. The summed E-state index contributed by atoms with van der Waals surface area (Å²) in [7, 11) is -3.75. The van der Waals surface area contributed by atoms with Gasteiger partial charge in [0.05, 0.1) is 23.3 Å². The standard InChI is InChI=1S/C26H27F2NO5S/c1-26(2,3)34-25(31)29-24(15-30)19-6-4-5-17(13-19)16-35(32,33)21-10-7-18(8-11-21)22-12-9-20(27)14-23(22)28/h4-14,24,30H,15-16H2,1-3H3,(H,29,31)/t24-/m1/s1.